The molecule has 2 N–H and O–H groups in total. The Morgan fingerprint density at radius 3 is 2.53 bits per heavy atom. The fraction of sp³-hybridized carbons (Fsp3) is 0.462. The van der Waals surface area contributed by atoms with Crippen molar-refractivity contribution in [3.63, 3.8) is 0 Å². The molecule has 1 aliphatic carbocycles. The molecule has 2 rings (SSSR count). The number of nitrogens with one attached hydrogen (secondary N) is 1. The molecule has 0 saturated heterocycles. The van der Waals surface area contributed by atoms with Crippen molar-refractivity contribution < 1.29 is 14.3 Å². The molecule has 1 atom stereocenters. The molecule has 0 aliphatic heterocycles. The normalized spacial score (nSPS) is 18.5. The summed E-state index contributed by atoms with van der Waals surface area (Å²) >= 11 is 0. The monoisotopic (exact) mass is 237 g/mol. The van der Waals surface area contributed by atoms with Crippen molar-refractivity contribution in [3.8, 4) is 0 Å². The summed E-state index contributed by atoms with van der Waals surface area (Å²) in [4.78, 5) is 11.3. The first-order valence-electron chi connectivity index (χ1n) is 5.77. The van der Waals surface area contributed by atoms with Crippen molar-refractivity contribution in [2.45, 2.75) is 31.7 Å². The number of aliphatic carboxylic acids is 1. The third-order valence-corrected chi connectivity index (χ3v) is 3.13. The van der Waals surface area contributed by atoms with E-state index in [2.05, 4.69) is 5.32 Å². The van der Waals surface area contributed by atoms with E-state index in [0.717, 1.165) is 12.8 Å². The Bertz CT molecular complexity index is 414. The SMILES string of the molecule is CC(CC1CC1)(Nc1ccc(F)cc1)C(=O)O. The second kappa shape index (κ2) is 4.35. The Kier molecular flexibility index (Phi) is 3.05. The molecule has 1 aromatic carbocycles. The van der Waals surface area contributed by atoms with Gasteiger partial charge in [-0.15, -0.1) is 0 Å². The summed E-state index contributed by atoms with van der Waals surface area (Å²) in [7, 11) is 0. The fourth-order valence-electron chi connectivity index (χ4n) is 1.94. The summed E-state index contributed by atoms with van der Waals surface area (Å²) in [5.41, 5.74) is -0.337. The van der Waals surface area contributed by atoms with E-state index in [1.807, 2.05) is 0 Å². The summed E-state index contributed by atoms with van der Waals surface area (Å²) < 4.78 is 12.8. The topological polar surface area (TPSA) is 49.3 Å². The highest BCUT2D eigenvalue weighted by Gasteiger charge is 2.39. The van der Waals surface area contributed by atoms with E-state index >= 15 is 0 Å². The molecule has 0 amide bonds. The Balaban J connectivity index is 2.11. The lowest BCUT2D eigenvalue weighted by atomic mass is 9.94. The molecule has 17 heavy (non-hydrogen) atoms. The van der Waals surface area contributed by atoms with Gasteiger partial charge in [-0.2, -0.15) is 0 Å². The third-order valence-electron chi connectivity index (χ3n) is 3.13. The number of carboxylic acids is 1. The van der Waals surface area contributed by atoms with Crippen LogP contribution in [0.3, 0.4) is 0 Å². The van der Waals surface area contributed by atoms with E-state index in [0.29, 0.717) is 18.0 Å². The minimum Gasteiger partial charge on any atom is -0.480 e. The second-order valence-electron chi connectivity index (χ2n) is 4.92. The smallest absolute Gasteiger partial charge is 0.329 e. The minimum absolute atomic E-state index is 0.324. The number of rotatable bonds is 5. The van der Waals surface area contributed by atoms with Gasteiger partial charge in [0.2, 0.25) is 0 Å². The largest absolute Gasteiger partial charge is 0.480 e. The van der Waals surface area contributed by atoms with Gasteiger partial charge >= 0.3 is 5.97 Å². The van der Waals surface area contributed by atoms with E-state index in [9.17, 15) is 14.3 Å². The van der Waals surface area contributed by atoms with Crippen molar-refractivity contribution in [1.29, 1.82) is 0 Å². The van der Waals surface area contributed by atoms with Crippen LogP contribution in [0.1, 0.15) is 26.2 Å². The first-order valence-corrected chi connectivity index (χ1v) is 5.77. The van der Waals surface area contributed by atoms with Gasteiger partial charge in [-0.25, -0.2) is 9.18 Å². The second-order valence-corrected chi connectivity index (χ2v) is 4.92. The van der Waals surface area contributed by atoms with Crippen LogP contribution >= 0.6 is 0 Å². The molecule has 0 heterocycles. The van der Waals surface area contributed by atoms with Crippen molar-refractivity contribution in [3.05, 3.63) is 30.1 Å². The van der Waals surface area contributed by atoms with Crippen molar-refractivity contribution >= 4 is 11.7 Å². The summed E-state index contributed by atoms with van der Waals surface area (Å²) in [6.45, 7) is 1.68. The number of carbonyl (C=O) groups is 1. The summed E-state index contributed by atoms with van der Waals surface area (Å²) in [5, 5.41) is 12.3. The molecule has 0 aromatic heterocycles. The number of benzene rings is 1. The molecular formula is C13H16FNO2. The van der Waals surface area contributed by atoms with Crippen LogP contribution in [0.5, 0.6) is 0 Å². The van der Waals surface area contributed by atoms with Gasteiger partial charge < -0.3 is 10.4 Å². The van der Waals surface area contributed by atoms with Crippen LogP contribution in [0.25, 0.3) is 0 Å². The average Bonchev–Trinajstić information content (AvgIpc) is 3.05. The molecular weight excluding hydrogens is 221 g/mol. The van der Waals surface area contributed by atoms with E-state index in [1.54, 1.807) is 19.1 Å². The first kappa shape index (κ1) is 11.9. The highest BCUT2D eigenvalue weighted by molar-refractivity contribution is 5.82. The molecule has 92 valence electrons. The molecule has 0 spiro atoms. The maximum atomic E-state index is 12.8. The number of hydrogen-bond acceptors (Lipinski definition) is 2. The van der Waals surface area contributed by atoms with Gasteiger partial charge in [0.15, 0.2) is 0 Å². The highest BCUT2D eigenvalue weighted by Crippen LogP contribution is 2.38. The van der Waals surface area contributed by atoms with Crippen LogP contribution in [0.4, 0.5) is 10.1 Å². The van der Waals surface area contributed by atoms with Gasteiger partial charge in [0.25, 0.3) is 0 Å². The summed E-state index contributed by atoms with van der Waals surface area (Å²) in [6.07, 6.45) is 2.82. The summed E-state index contributed by atoms with van der Waals surface area (Å²) in [6, 6.07) is 5.76. The molecule has 1 saturated carbocycles. The Hall–Kier alpha value is -1.58. The lowest BCUT2D eigenvalue weighted by Crippen LogP contribution is -2.43. The van der Waals surface area contributed by atoms with Crippen molar-refractivity contribution in [2.75, 3.05) is 5.32 Å². The predicted octanol–water partition coefficient (Wildman–Crippen LogP) is 2.88. The average molecular weight is 237 g/mol. The van der Waals surface area contributed by atoms with Gasteiger partial charge in [-0.1, -0.05) is 12.8 Å². The zero-order valence-corrected chi connectivity index (χ0v) is 9.74. The van der Waals surface area contributed by atoms with E-state index < -0.39 is 11.5 Å². The van der Waals surface area contributed by atoms with Crippen LogP contribution in [0, 0.1) is 11.7 Å². The Morgan fingerprint density at radius 1 is 1.47 bits per heavy atom. The fourth-order valence-corrected chi connectivity index (χ4v) is 1.94. The number of halogens is 1. The summed E-state index contributed by atoms with van der Waals surface area (Å²) in [5.74, 6) is -0.687. The number of hydrogen-bond donors (Lipinski definition) is 2. The first-order chi connectivity index (χ1) is 7.99. The van der Waals surface area contributed by atoms with Crippen molar-refractivity contribution in [1.82, 2.24) is 0 Å². The van der Waals surface area contributed by atoms with Gasteiger partial charge in [-0.05, 0) is 43.5 Å². The van der Waals surface area contributed by atoms with Gasteiger partial charge in [0.1, 0.15) is 11.4 Å². The zero-order chi connectivity index (χ0) is 12.5. The molecule has 1 unspecified atom stereocenters. The van der Waals surface area contributed by atoms with E-state index in [1.165, 1.54) is 12.1 Å². The van der Waals surface area contributed by atoms with Crippen LogP contribution in [-0.4, -0.2) is 16.6 Å². The van der Waals surface area contributed by atoms with Crippen LogP contribution in [0.15, 0.2) is 24.3 Å². The number of anilines is 1. The predicted molar refractivity (Wildman–Crippen MR) is 63.4 cm³/mol. The van der Waals surface area contributed by atoms with Gasteiger partial charge in [0.05, 0.1) is 0 Å². The Morgan fingerprint density at radius 2 is 2.06 bits per heavy atom. The van der Waals surface area contributed by atoms with Gasteiger partial charge in [-0.3, -0.25) is 0 Å². The van der Waals surface area contributed by atoms with Crippen LogP contribution < -0.4 is 5.32 Å². The number of carboxylic acid groups (broad SMARTS) is 1. The maximum Gasteiger partial charge on any atom is 0.329 e. The van der Waals surface area contributed by atoms with E-state index in [-0.39, 0.29) is 5.82 Å². The molecule has 1 aliphatic rings. The molecule has 0 bridgehead atoms. The molecule has 3 nitrogen and oxygen atoms in total. The lowest BCUT2D eigenvalue weighted by Gasteiger charge is -2.27. The molecule has 0 radical (unpaired) electrons. The zero-order valence-electron chi connectivity index (χ0n) is 9.74. The highest BCUT2D eigenvalue weighted by atomic mass is 19.1. The standard InChI is InChI=1S/C13H16FNO2/c1-13(12(16)17,8-9-2-3-9)15-11-6-4-10(14)5-7-11/h4-7,9,15H,2-3,8H2,1H3,(H,16,17). The maximum absolute atomic E-state index is 12.8. The van der Waals surface area contributed by atoms with Crippen LogP contribution in [-0.2, 0) is 4.79 Å². The quantitative estimate of drug-likeness (QED) is 0.827. The van der Waals surface area contributed by atoms with E-state index in [4.69, 9.17) is 0 Å². The van der Waals surface area contributed by atoms with Gasteiger partial charge in [0, 0.05) is 5.69 Å². The molecule has 4 heteroatoms. The molecule has 1 fully saturated rings. The molecule has 1 aromatic rings. The van der Waals surface area contributed by atoms with Crippen molar-refractivity contribution in [2.24, 2.45) is 5.92 Å². The lowest BCUT2D eigenvalue weighted by molar-refractivity contribution is -0.142. The third kappa shape index (κ3) is 2.96. The minimum atomic E-state index is -0.973. The Labute approximate surface area is 99.7 Å². The van der Waals surface area contributed by atoms with Crippen LogP contribution in [0.2, 0.25) is 0 Å².